The van der Waals surface area contributed by atoms with Crippen LogP contribution in [0.2, 0.25) is 0 Å². The molecule has 5 nitrogen and oxygen atoms in total. The topological polar surface area (TPSA) is 48.5 Å². The number of hydrogen-bond acceptors (Lipinski definition) is 3. The lowest BCUT2D eigenvalue weighted by molar-refractivity contribution is 0.186. The molecule has 1 N–H and O–H groups in total. The zero-order valence-corrected chi connectivity index (χ0v) is 14.7. The quantitative estimate of drug-likeness (QED) is 0.913. The van der Waals surface area contributed by atoms with Gasteiger partial charge in [0, 0.05) is 43.8 Å². The molecule has 2 heterocycles. The molecule has 132 valence electrons. The van der Waals surface area contributed by atoms with Crippen LogP contribution in [-0.4, -0.2) is 48.1 Å². The fraction of sp³-hybridized carbons (Fsp3) is 0.500. The smallest absolute Gasteiger partial charge is 0.317 e. The zero-order chi connectivity index (χ0) is 17.1. The highest BCUT2D eigenvalue weighted by atomic mass is 16.2. The predicted molar refractivity (Wildman–Crippen MR) is 101 cm³/mol. The number of carbonyl (C=O) groups is 1. The van der Waals surface area contributed by atoms with Crippen molar-refractivity contribution < 1.29 is 4.79 Å². The summed E-state index contributed by atoms with van der Waals surface area (Å²) >= 11 is 0. The van der Waals surface area contributed by atoms with Crippen LogP contribution in [0.3, 0.4) is 0 Å². The standard InChI is InChI=1S/C20H26N4O/c25-20(22-17-7-2-1-3-8-17)24-14-12-23(13-15-24)19-18-9-5-4-6-16(18)10-11-21-19/h4-6,9-11,17H,1-3,7-8,12-15H2,(H,22,25). The Morgan fingerprint density at radius 3 is 2.56 bits per heavy atom. The molecular weight excluding hydrogens is 312 g/mol. The Balaban J connectivity index is 1.38. The van der Waals surface area contributed by atoms with E-state index in [2.05, 4.69) is 39.5 Å². The third kappa shape index (κ3) is 3.55. The molecule has 1 saturated heterocycles. The number of fused-ring (bicyclic) bond motifs is 1. The Kier molecular flexibility index (Phi) is 4.72. The van der Waals surface area contributed by atoms with Gasteiger partial charge in [0.1, 0.15) is 5.82 Å². The van der Waals surface area contributed by atoms with E-state index in [1.54, 1.807) is 0 Å². The van der Waals surface area contributed by atoms with Crippen LogP contribution in [0.5, 0.6) is 0 Å². The van der Waals surface area contributed by atoms with Gasteiger partial charge in [-0.2, -0.15) is 0 Å². The molecule has 1 aromatic carbocycles. The maximum Gasteiger partial charge on any atom is 0.317 e. The normalized spacial score (nSPS) is 19.2. The summed E-state index contributed by atoms with van der Waals surface area (Å²) in [6.45, 7) is 3.17. The van der Waals surface area contributed by atoms with E-state index in [0.29, 0.717) is 6.04 Å². The van der Waals surface area contributed by atoms with Gasteiger partial charge < -0.3 is 15.1 Å². The van der Waals surface area contributed by atoms with Crippen LogP contribution in [0.15, 0.2) is 36.5 Å². The molecule has 4 rings (SSSR count). The van der Waals surface area contributed by atoms with Gasteiger partial charge in [0.2, 0.25) is 0 Å². The minimum atomic E-state index is 0.109. The fourth-order valence-corrected chi connectivity index (χ4v) is 3.99. The van der Waals surface area contributed by atoms with Crippen molar-refractivity contribution >= 4 is 22.6 Å². The molecule has 2 aliphatic rings. The average molecular weight is 338 g/mol. The molecule has 0 radical (unpaired) electrons. The first-order valence-corrected chi connectivity index (χ1v) is 9.45. The largest absolute Gasteiger partial charge is 0.353 e. The first kappa shape index (κ1) is 16.2. The van der Waals surface area contributed by atoms with Gasteiger partial charge in [-0.05, 0) is 24.3 Å². The minimum absolute atomic E-state index is 0.109. The van der Waals surface area contributed by atoms with Gasteiger partial charge >= 0.3 is 6.03 Å². The van der Waals surface area contributed by atoms with E-state index in [1.165, 1.54) is 30.0 Å². The lowest BCUT2D eigenvalue weighted by atomic mass is 9.96. The highest BCUT2D eigenvalue weighted by Gasteiger charge is 2.25. The fourth-order valence-electron chi connectivity index (χ4n) is 3.99. The summed E-state index contributed by atoms with van der Waals surface area (Å²) in [6.07, 6.45) is 7.93. The number of urea groups is 1. The second kappa shape index (κ2) is 7.30. The molecular formula is C20H26N4O. The van der Waals surface area contributed by atoms with Crippen LogP contribution in [0.25, 0.3) is 10.8 Å². The Labute approximate surface area is 149 Å². The molecule has 0 atom stereocenters. The Hall–Kier alpha value is -2.30. The summed E-state index contributed by atoms with van der Waals surface area (Å²) in [6, 6.07) is 10.9. The SMILES string of the molecule is O=C(NC1CCCCC1)N1CCN(c2nccc3ccccc23)CC1. The number of aromatic nitrogens is 1. The highest BCUT2D eigenvalue weighted by molar-refractivity contribution is 5.92. The Morgan fingerprint density at radius 2 is 1.76 bits per heavy atom. The number of benzene rings is 1. The molecule has 1 aliphatic carbocycles. The first-order valence-electron chi connectivity index (χ1n) is 9.45. The van der Waals surface area contributed by atoms with E-state index in [9.17, 15) is 4.79 Å². The molecule has 1 saturated carbocycles. The molecule has 5 heteroatoms. The van der Waals surface area contributed by atoms with Gasteiger partial charge in [-0.3, -0.25) is 0 Å². The van der Waals surface area contributed by atoms with E-state index < -0.39 is 0 Å². The first-order chi connectivity index (χ1) is 12.3. The summed E-state index contributed by atoms with van der Waals surface area (Å²) in [5, 5.41) is 5.62. The number of nitrogens with zero attached hydrogens (tertiary/aromatic N) is 3. The van der Waals surface area contributed by atoms with Crippen LogP contribution < -0.4 is 10.2 Å². The monoisotopic (exact) mass is 338 g/mol. The third-order valence-electron chi connectivity index (χ3n) is 5.45. The Morgan fingerprint density at radius 1 is 1.00 bits per heavy atom. The molecule has 2 fully saturated rings. The number of anilines is 1. The third-order valence-corrected chi connectivity index (χ3v) is 5.45. The van der Waals surface area contributed by atoms with Crippen molar-refractivity contribution in [1.82, 2.24) is 15.2 Å². The number of amides is 2. The summed E-state index contributed by atoms with van der Waals surface area (Å²) in [5.41, 5.74) is 0. The highest BCUT2D eigenvalue weighted by Crippen LogP contribution is 2.25. The number of carbonyl (C=O) groups excluding carboxylic acids is 1. The second-order valence-electron chi connectivity index (χ2n) is 7.11. The molecule has 0 unspecified atom stereocenters. The van der Waals surface area contributed by atoms with Crippen molar-refractivity contribution in [2.45, 2.75) is 38.1 Å². The summed E-state index contributed by atoms with van der Waals surface area (Å²) in [4.78, 5) is 21.4. The Bertz CT molecular complexity index is 728. The van der Waals surface area contributed by atoms with E-state index in [-0.39, 0.29) is 6.03 Å². The van der Waals surface area contributed by atoms with Gasteiger partial charge in [-0.15, -0.1) is 0 Å². The van der Waals surface area contributed by atoms with Gasteiger partial charge in [-0.1, -0.05) is 43.5 Å². The predicted octanol–water partition coefficient (Wildman–Crippen LogP) is 3.40. The van der Waals surface area contributed by atoms with Gasteiger partial charge in [0.05, 0.1) is 0 Å². The van der Waals surface area contributed by atoms with Crippen molar-refractivity contribution in [2.75, 3.05) is 31.1 Å². The summed E-state index contributed by atoms with van der Waals surface area (Å²) < 4.78 is 0. The van der Waals surface area contributed by atoms with E-state index in [4.69, 9.17) is 0 Å². The lowest BCUT2D eigenvalue weighted by Gasteiger charge is -2.37. The maximum atomic E-state index is 12.5. The number of pyridine rings is 1. The maximum absolute atomic E-state index is 12.5. The van der Waals surface area contributed by atoms with Crippen molar-refractivity contribution in [3.8, 4) is 0 Å². The summed E-state index contributed by atoms with van der Waals surface area (Å²) in [7, 11) is 0. The second-order valence-corrected chi connectivity index (χ2v) is 7.11. The van der Waals surface area contributed by atoms with Crippen LogP contribution in [-0.2, 0) is 0 Å². The van der Waals surface area contributed by atoms with Crippen LogP contribution in [0.4, 0.5) is 10.6 Å². The number of rotatable bonds is 2. The van der Waals surface area contributed by atoms with Crippen molar-refractivity contribution in [3.05, 3.63) is 36.5 Å². The van der Waals surface area contributed by atoms with Crippen LogP contribution in [0.1, 0.15) is 32.1 Å². The lowest BCUT2D eigenvalue weighted by Crippen LogP contribution is -2.53. The van der Waals surface area contributed by atoms with Crippen LogP contribution >= 0.6 is 0 Å². The van der Waals surface area contributed by atoms with Gasteiger partial charge in [0.15, 0.2) is 0 Å². The van der Waals surface area contributed by atoms with E-state index in [1.807, 2.05) is 17.2 Å². The van der Waals surface area contributed by atoms with Gasteiger partial charge in [-0.25, -0.2) is 9.78 Å². The summed E-state index contributed by atoms with van der Waals surface area (Å²) in [5.74, 6) is 1.03. The van der Waals surface area contributed by atoms with E-state index in [0.717, 1.165) is 44.8 Å². The minimum Gasteiger partial charge on any atom is -0.353 e. The molecule has 0 bridgehead atoms. The number of piperazine rings is 1. The number of hydrogen-bond donors (Lipinski definition) is 1. The average Bonchev–Trinajstić information content (AvgIpc) is 2.68. The zero-order valence-electron chi connectivity index (χ0n) is 14.7. The van der Waals surface area contributed by atoms with E-state index >= 15 is 0 Å². The molecule has 25 heavy (non-hydrogen) atoms. The van der Waals surface area contributed by atoms with Crippen LogP contribution in [0, 0.1) is 0 Å². The molecule has 1 aromatic heterocycles. The van der Waals surface area contributed by atoms with Crippen molar-refractivity contribution in [2.24, 2.45) is 0 Å². The van der Waals surface area contributed by atoms with Gasteiger partial charge in [0.25, 0.3) is 0 Å². The number of nitrogens with one attached hydrogen (secondary N) is 1. The molecule has 2 amide bonds. The van der Waals surface area contributed by atoms with Crippen molar-refractivity contribution in [1.29, 1.82) is 0 Å². The molecule has 2 aromatic rings. The van der Waals surface area contributed by atoms with Crippen molar-refractivity contribution in [3.63, 3.8) is 0 Å². The molecule has 1 aliphatic heterocycles. The molecule has 0 spiro atoms.